The highest BCUT2D eigenvalue weighted by atomic mass is 16.5. The van der Waals surface area contributed by atoms with Crippen LogP contribution < -0.4 is 14.8 Å². The molecular formula is C22H18N4O5. The minimum absolute atomic E-state index is 0.00239. The summed E-state index contributed by atoms with van der Waals surface area (Å²) in [6.07, 6.45) is 2.74. The third-order valence-corrected chi connectivity index (χ3v) is 4.58. The number of methoxy groups -OCH3 is 2. The van der Waals surface area contributed by atoms with Crippen molar-refractivity contribution in [2.45, 2.75) is 6.92 Å². The van der Waals surface area contributed by atoms with E-state index in [0.29, 0.717) is 17.2 Å². The maximum absolute atomic E-state index is 12.5. The lowest BCUT2D eigenvalue weighted by Gasteiger charge is -2.14. The second kappa shape index (κ2) is 8.92. The number of ether oxygens (including phenoxy) is 2. The molecule has 0 unspecified atom stereocenters. The molecule has 156 valence electrons. The van der Waals surface area contributed by atoms with E-state index in [1.807, 2.05) is 19.1 Å². The second-order valence-corrected chi connectivity index (χ2v) is 6.39. The number of nitriles is 1. The number of nitrogens with one attached hydrogen (secondary N) is 1. The molecule has 0 saturated carbocycles. The molecule has 0 saturated heterocycles. The van der Waals surface area contributed by atoms with Gasteiger partial charge in [-0.3, -0.25) is 9.78 Å². The van der Waals surface area contributed by atoms with Crippen LogP contribution in [0.2, 0.25) is 0 Å². The smallest absolute Gasteiger partial charge is 0.337 e. The Labute approximate surface area is 177 Å². The summed E-state index contributed by atoms with van der Waals surface area (Å²) in [7, 11) is 3.09. The monoisotopic (exact) mass is 418 g/mol. The van der Waals surface area contributed by atoms with Crippen molar-refractivity contribution in [1.82, 2.24) is 9.97 Å². The molecule has 0 atom stereocenters. The van der Waals surface area contributed by atoms with Crippen LogP contribution in [0.5, 0.6) is 11.5 Å². The number of rotatable bonds is 6. The molecule has 0 fully saturated rings. The fourth-order valence-electron chi connectivity index (χ4n) is 3.03. The van der Waals surface area contributed by atoms with Crippen molar-refractivity contribution in [2.24, 2.45) is 0 Å². The van der Waals surface area contributed by atoms with Crippen molar-refractivity contribution in [3.05, 3.63) is 65.1 Å². The third-order valence-electron chi connectivity index (χ3n) is 4.58. The summed E-state index contributed by atoms with van der Waals surface area (Å²) in [6.45, 7) is 1.86. The molecule has 3 aromatic rings. The van der Waals surface area contributed by atoms with Crippen molar-refractivity contribution in [2.75, 3.05) is 19.5 Å². The summed E-state index contributed by atoms with van der Waals surface area (Å²) in [5.41, 5.74) is 2.12. The van der Waals surface area contributed by atoms with E-state index in [0.717, 1.165) is 11.1 Å². The van der Waals surface area contributed by atoms with E-state index in [1.54, 1.807) is 20.3 Å². The number of carboxylic acids is 1. The average Bonchev–Trinajstić information content (AvgIpc) is 2.79. The van der Waals surface area contributed by atoms with Gasteiger partial charge < -0.3 is 19.9 Å². The molecule has 1 amide bonds. The zero-order valence-corrected chi connectivity index (χ0v) is 17.0. The van der Waals surface area contributed by atoms with Gasteiger partial charge in [0.2, 0.25) is 0 Å². The number of carbonyl (C=O) groups excluding carboxylic acids is 1. The van der Waals surface area contributed by atoms with Crippen LogP contribution in [0.4, 0.5) is 5.69 Å². The number of benzene rings is 2. The Morgan fingerprint density at radius 2 is 1.87 bits per heavy atom. The minimum atomic E-state index is -1.27. The molecule has 1 aromatic heterocycles. The Balaban J connectivity index is 1.87. The molecule has 9 heteroatoms. The maximum Gasteiger partial charge on any atom is 0.337 e. The Kier molecular flexibility index (Phi) is 6.12. The number of aromatic nitrogens is 2. The van der Waals surface area contributed by atoms with Crippen LogP contribution in [0, 0.1) is 18.3 Å². The Bertz CT molecular complexity index is 1200. The minimum Gasteiger partial charge on any atom is -0.493 e. The fraction of sp³-hybridized carbons (Fsp3) is 0.136. The molecule has 0 radical (unpaired) electrons. The number of carboxylic acid groups (broad SMARTS) is 1. The number of carbonyl (C=O) groups is 2. The van der Waals surface area contributed by atoms with E-state index < -0.39 is 11.9 Å². The van der Waals surface area contributed by atoms with Gasteiger partial charge in [-0.1, -0.05) is 0 Å². The lowest BCUT2D eigenvalue weighted by molar-refractivity contribution is 0.0698. The molecule has 0 aliphatic carbocycles. The van der Waals surface area contributed by atoms with Crippen molar-refractivity contribution in [3.8, 4) is 28.8 Å². The Morgan fingerprint density at radius 3 is 2.45 bits per heavy atom. The van der Waals surface area contributed by atoms with E-state index in [-0.39, 0.29) is 22.5 Å². The SMILES string of the molecule is COc1ccc(-c2cnc(C(=O)Nc3ccc(C#N)cc3C(=O)O)cn2)c(C)c1OC. The van der Waals surface area contributed by atoms with Gasteiger partial charge in [-0.15, -0.1) is 0 Å². The highest BCUT2D eigenvalue weighted by molar-refractivity contribution is 6.06. The molecule has 31 heavy (non-hydrogen) atoms. The molecule has 1 heterocycles. The molecule has 0 bridgehead atoms. The highest BCUT2D eigenvalue weighted by Crippen LogP contribution is 2.36. The zero-order chi connectivity index (χ0) is 22.5. The van der Waals surface area contributed by atoms with Gasteiger partial charge in [0.15, 0.2) is 11.5 Å². The van der Waals surface area contributed by atoms with Gasteiger partial charge in [-0.25, -0.2) is 9.78 Å². The second-order valence-electron chi connectivity index (χ2n) is 6.39. The number of anilines is 1. The number of nitrogens with zero attached hydrogens (tertiary/aromatic N) is 3. The molecular weight excluding hydrogens is 400 g/mol. The molecule has 2 aromatic carbocycles. The summed E-state index contributed by atoms with van der Waals surface area (Å²) in [4.78, 5) is 32.4. The summed E-state index contributed by atoms with van der Waals surface area (Å²) < 4.78 is 10.7. The average molecular weight is 418 g/mol. The van der Waals surface area contributed by atoms with Crippen LogP contribution in [0.25, 0.3) is 11.3 Å². The van der Waals surface area contributed by atoms with Crippen LogP contribution in [0.15, 0.2) is 42.7 Å². The molecule has 3 rings (SSSR count). The molecule has 0 aliphatic heterocycles. The Hall–Kier alpha value is -4.45. The summed E-state index contributed by atoms with van der Waals surface area (Å²) >= 11 is 0. The standard InChI is InChI=1S/C22H18N4O5/c1-12-14(5-7-19(30-2)20(12)31-3)17-10-25-18(11-24-17)21(27)26-16-6-4-13(9-23)8-15(16)22(28)29/h4-8,10-11H,1-3H3,(H,26,27)(H,28,29). The normalized spacial score (nSPS) is 10.1. The van der Waals surface area contributed by atoms with E-state index in [9.17, 15) is 14.7 Å². The zero-order valence-electron chi connectivity index (χ0n) is 17.0. The number of hydrogen-bond donors (Lipinski definition) is 2. The first-order valence-electron chi connectivity index (χ1n) is 9.02. The van der Waals surface area contributed by atoms with Gasteiger partial charge in [0.1, 0.15) is 5.69 Å². The number of hydrogen-bond acceptors (Lipinski definition) is 7. The fourth-order valence-corrected chi connectivity index (χ4v) is 3.03. The summed E-state index contributed by atoms with van der Waals surface area (Å²) in [5, 5.41) is 20.8. The predicted molar refractivity (Wildman–Crippen MR) is 111 cm³/mol. The summed E-state index contributed by atoms with van der Waals surface area (Å²) in [5.74, 6) is -0.733. The van der Waals surface area contributed by atoms with Crippen molar-refractivity contribution >= 4 is 17.6 Å². The van der Waals surface area contributed by atoms with Gasteiger partial charge in [0.05, 0.1) is 55.2 Å². The molecule has 9 nitrogen and oxygen atoms in total. The first kappa shape index (κ1) is 21.3. The topological polar surface area (TPSA) is 134 Å². The van der Waals surface area contributed by atoms with Gasteiger partial charge >= 0.3 is 5.97 Å². The lowest BCUT2D eigenvalue weighted by Crippen LogP contribution is -2.16. The first-order chi connectivity index (χ1) is 14.9. The number of amides is 1. The van der Waals surface area contributed by atoms with Crippen LogP contribution in [0.1, 0.15) is 32.0 Å². The van der Waals surface area contributed by atoms with Crippen molar-refractivity contribution in [3.63, 3.8) is 0 Å². The van der Waals surface area contributed by atoms with Gasteiger partial charge in [0.25, 0.3) is 5.91 Å². The quantitative estimate of drug-likeness (QED) is 0.623. The van der Waals surface area contributed by atoms with Crippen LogP contribution in [-0.4, -0.2) is 41.2 Å². The van der Waals surface area contributed by atoms with Crippen LogP contribution in [0.3, 0.4) is 0 Å². The van der Waals surface area contributed by atoms with Crippen molar-refractivity contribution in [1.29, 1.82) is 5.26 Å². The van der Waals surface area contributed by atoms with Gasteiger partial charge in [-0.05, 0) is 37.3 Å². The highest BCUT2D eigenvalue weighted by Gasteiger charge is 2.17. The first-order valence-corrected chi connectivity index (χ1v) is 9.02. The largest absolute Gasteiger partial charge is 0.493 e. The van der Waals surface area contributed by atoms with Crippen LogP contribution >= 0.6 is 0 Å². The molecule has 0 spiro atoms. The van der Waals surface area contributed by atoms with E-state index in [4.69, 9.17) is 14.7 Å². The van der Waals surface area contributed by atoms with Crippen LogP contribution in [-0.2, 0) is 0 Å². The van der Waals surface area contributed by atoms with E-state index >= 15 is 0 Å². The van der Waals surface area contributed by atoms with Crippen molar-refractivity contribution < 1.29 is 24.2 Å². The molecule has 0 aliphatic rings. The van der Waals surface area contributed by atoms with E-state index in [1.165, 1.54) is 30.6 Å². The predicted octanol–water partition coefficient (Wildman–Crippen LogP) is 3.29. The van der Waals surface area contributed by atoms with E-state index in [2.05, 4.69) is 15.3 Å². The lowest BCUT2D eigenvalue weighted by atomic mass is 10.0. The Morgan fingerprint density at radius 1 is 1.10 bits per heavy atom. The molecule has 2 N–H and O–H groups in total. The number of aromatic carboxylic acids is 1. The third kappa shape index (κ3) is 4.28. The van der Waals surface area contributed by atoms with Gasteiger partial charge in [-0.2, -0.15) is 5.26 Å². The maximum atomic E-state index is 12.5. The summed E-state index contributed by atoms with van der Waals surface area (Å²) in [6, 6.07) is 9.38. The van der Waals surface area contributed by atoms with Gasteiger partial charge in [0, 0.05) is 11.1 Å².